The van der Waals surface area contributed by atoms with Gasteiger partial charge in [-0.25, -0.2) is 14.8 Å². The molecule has 0 saturated carbocycles. The number of carboxylic acid groups (broad SMARTS) is 1. The summed E-state index contributed by atoms with van der Waals surface area (Å²) in [7, 11) is 0. The average molecular weight is 327 g/mol. The van der Waals surface area contributed by atoms with Gasteiger partial charge in [0.15, 0.2) is 0 Å². The zero-order valence-corrected chi connectivity index (χ0v) is 13.8. The molecule has 118 valence electrons. The van der Waals surface area contributed by atoms with Crippen molar-refractivity contribution in [2.24, 2.45) is 0 Å². The molecule has 0 aliphatic heterocycles. The van der Waals surface area contributed by atoms with Crippen molar-refractivity contribution in [3.05, 3.63) is 52.2 Å². The first-order valence-corrected chi connectivity index (χ1v) is 8.21. The first-order valence-electron chi connectivity index (χ1n) is 7.40. The zero-order chi connectivity index (χ0) is 16.4. The van der Waals surface area contributed by atoms with Crippen molar-refractivity contribution in [1.82, 2.24) is 9.97 Å². The fraction of sp³-hybridized carbons (Fsp3) is 0.235. The first-order chi connectivity index (χ1) is 11.1. The second-order valence-electron chi connectivity index (χ2n) is 5.26. The predicted molar refractivity (Wildman–Crippen MR) is 92.3 cm³/mol. The maximum absolute atomic E-state index is 10.9. The molecule has 2 aromatic heterocycles. The van der Waals surface area contributed by atoms with Crippen molar-refractivity contribution in [3.63, 3.8) is 0 Å². The maximum atomic E-state index is 10.9. The number of aromatic carboxylic acids is 1. The van der Waals surface area contributed by atoms with Crippen LogP contribution in [0.3, 0.4) is 0 Å². The van der Waals surface area contributed by atoms with Crippen LogP contribution in [0.15, 0.2) is 30.3 Å². The minimum atomic E-state index is -0.914. The molecule has 3 rings (SSSR count). The van der Waals surface area contributed by atoms with Gasteiger partial charge in [-0.05, 0) is 37.1 Å². The molecule has 0 radical (unpaired) electrons. The van der Waals surface area contributed by atoms with Gasteiger partial charge in [0.1, 0.15) is 16.5 Å². The lowest BCUT2D eigenvalue weighted by Crippen LogP contribution is -2.04. The summed E-state index contributed by atoms with van der Waals surface area (Å²) in [4.78, 5) is 22.2. The van der Waals surface area contributed by atoms with E-state index < -0.39 is 5.97 Å². The topological polar surface area (TPSA) is 75.1 Å². The molecule has 0 saturated heterocycles. The Morgan fingerprint density at radius 1 is 1.26 bits per heavy atom. The van der Waals surface area contributed by atoms with E-state index in [9.17, 15) is 4.79 Å². The number of hydrogen-bond acceptors (Lipinski definition) is 5. The smallest absolute Gasteiger partial charge is 0.335 e. The van der Waals surface area contributed by atoms with Gasteiger partial charge in [-0.2, -0.15) is 0 Å². The summed E-state index contributed by atoms with van der Waals surface area (Å²) >= 11 is 1.70. The molecule has 0 aliphatic rings. The van der Waals surface area contributed by atoms with Crippen molar-refractivity contribution in [1.29, 1.82) is 0 Å². The number of benzene rings is 1. The van der Waals surface area contributed by atoms with Crippen molar-refractivity contribution >= 4 is 33.3 Å². The molecular weight excluding hydrogens is 310 g/mol. The molecule has 23 heavy (non-hydrogen) atoms. The summed E-state index contributed by atoms with van der Waals surface area (Å²) < 4.78 is 0. The Labute approximate surface area is 138 Å². The normalized spacial score (nSPS) is 10.9. The minimum absolute atomic E-state index is 0.291. The number of nitrogens with one attached hydrogen (secondary N) is 1. The molecule has 0 bridgehead atoms. The van der Waals surface area contributed by atoms with Crippen LogP contribution in [0.4, 0.5) is 5.82 Å². The molecule has 0 atom stereocenters. The quantitative estimate of drug-likeness (QED) is 0.744. The summed E-state index contributed by atoms with van der Waals surface area (Å²) in [5, 5.41) is 13.3. The number of rotatable bonds is 5. The fourth-order valence-corrected chi connectivity index (χ4v) is 3.35. The molecule has 0 unspecified atom stereocenters. The summed E-state index contributed by atoms with van der Waals surface area (Å²) in [5.74, 6) is 0.652. The number of aryl methyl sites for hydroxylation is 2. The second-order valence-corrected chi connectivity index (χ2v) is 6.38. The SMILES string of the molecule is CCc1cc2c(NCc3ccc(C(=O)O)cc3)nc(C)nc2s1. The van der Waals surface area contributed by atoms with Crippen LogP contribution < -0.4 is 5.32 Å². The highest BCUT2D eigenvalue weighted by Crippen LogP contribution is 2.29. The molecule has 0 aliphatic carbocycles. The number of anilines is 1. The Kier molecular flexibility index (Phi) is 4.25. The molecule has 0 spiro atoms. The minimum Gasteiger partial charge on any atom is -0.478 e. The van der Waals surface area contributed by atoms with Crippen LogP contribution in [0, 0.1) is 6.92 Å². The van der Waals surface area contributed by atoms with E-state index in [4.69, 9.17) is 5.11 Å². The monoisotopic (exact) mass is 327 g/mol. The third-order valence-corrected chi connectivity index (χ3v) is 4.74. The summed E-state index contributed by atoms with van der Waals surface area (Å²) in [6, 6.07) is 8.98. The average Bonchev–Trinajstić information content (AvgIpc) is 2.96. The number of hydrogen-bond donors (Lipinski definition) is 2. The fourth-order valence-electron chi connectivity index (χ4n) is 2.34. The maximum Gasteiger partial charge on any atom is 0.335 e. The summed E-state index contributed by atoms with van der Waals surface area (Å²) in [5.41, 5.74) is 1.30. The Morgan fingerprint density at radius 2 is 2.00 bits per heavy atom. The Hall–Kier alpha value is -2.47. The largest absolute Gasteiger partial charge is 0.478 e. The highest BCUT2D eigenvalue weighted by atomic mass is 32.1. The van der Waals surface area contributed by atoms with Gasteiger partial charge in [0.05, 0.1) is 10.9 Å². The van der Waals surface area contributed by atoms with Crippen molar-refractivity contribution in [2.75, 3.05) is 5.32 Å². The van der Waals surface area contributed by atoms with Crippen LogP contribution in [0.2, 0.25) is 0 Å². The molecule has 0 amide bonds. The Bertz CT molecular complexity index is 856. The number of fused-ring (bicyclic) bond motifs is 1. The molecule has 2 heterocycles. The van der Waals surface area contributed by atoms with Crippen LogP contribution in [0.25, 0.3) is 10.2 Å². The molecule has 2 N–H and O–H groups in total. The van der Waals surface area contributed by atoms with Gasteiger partial charge in [-0.3, -0.25) is 0 Å². The van der Waals surface area contributed by atoms with Crippen molar-refractivity contribution < 1.29 is 9.90 Å². The molecule has 0 fully saturated rings. The number of nitrogens with zero attached hydrogens (tertiary/aromatic N) is 2. The second kappa shape index (κ2) is 6.34. The van der Waals surface area contributed by atoms with E-state index in [0.717, 1.165) is 33.8 Å². The summed E-state index contributed by atoms with van der Waals surface area (Å²) in [6.07, 6.45) is 0.982. The van der Waals surface area contributed by atoms with E-state index in [1.807, 2.05) is 19.1 Å². The third-order valence-electron chi connectivity index (χ3n) is 3.56. The standard InChI is InChI=1S/C17H17N3O2S/c1-3-13-8-14-15(19-10(2)20-16(14)23-13)18-9-11-4-6-12(7-5-11)17(21)22/h4-8H,3,9H2,1-2H3,(H,21,22)(H,18,19,20). The lowest BCUT2D eigenvalue weighted by Gasteiger charge is -2.08. The van der Waals surface area contributed by atoms with E-state index in [1.165, 1.54) is 4.88 Å². The molecule has 5 nitrogen and oxygen atoms in total. The van der Waals surface area contributed by atoms with Crippen LogP contribution in [0.1, 0.15) is 33.5 Å². The van der Waals surface area contributed by atoms with Gasteiger partial charge >= 0.3 is 5.97 Å². The highest BCUT2D eigenvalue weighted by Gasteiger charge is 2.10. The van der Waals surface area contributed by atoms with E-state index in [0.29, 0.717) is 12.1 Å². The molecule has 1 aromatic carbocycles. The molecule has 6 heteroatoms. The van der Waals surface area contributed by atoms with Crippen LogP contribution >= 0.6 is 11.3 Å². The highest BCUT2D eigenvalue weighted by molar-refractivity contribution is 7.18. The van der Waals surface area contributed by atoms with Crippen molar-refractivity contribution in [2.45, 2.75) is 26.8 Å². The number of aromatic nitrogens is 2. The summed E-state index contributed by atoms with van der Waals surface area (Å²) in [6.45, 7) is 4.60. The predicted octanol–water partition coefficient (Wildman–Crippen LogP) is 3.87. The van der Waals surface area contributed by atoms with Crippen molar-refractivity contribution in [3.8, 4) is 0 Å². The Balaban J connectivity index is 1.83. The van der Waals surface area contributed by atoms with E-state index in [1.54, 1.807) is 23.5 Å². The van der Waals surface area contributed by atoms with E-state index in [-0.39, 0.29) is 0 Å². The number of thiophene rings is 1. The van der Waals surface area contributed by atoms with Gasteiger partial charge in [0.2, 0.25) is 0 Å². The van der Waals surface area contributed by atoms with Crippen LogP contribution in [0.5, 0.6) is 0 Å². The van der Waals surface area contributed by atoms with Gasteiger partial charge in [0.25, 0.3) is 0 Å². The first kappa shape index (κ1) is 15.4. The van der Waals surface area contributed by atoms with Crippen LogP contribution in [-0.4, -0.2) is 21.0 Å². The molecular formula is C17H17N3O2S. The lowest BCUT2D eigenvalue weighted by atomic mass is 10.1. The van der Waals surface area contributed by atoms with Gasteiger partial charge < -0.3 is 10.4 Å². The zero-order valence-electron chi connectivity index (χ0n) is 13.0. The lowest BCUT2D eigenvalue weighted by molar-refractivity contribution is 0.0697. The van der Waals surface area contributed by atoms with E-state index >= 15 is 0 Å². The van der Waals surface area contributed by atoms with E-state index in [2.05, 4.69) is 28.3 Å². The number of carboxylic acids is 1. The number of carbonyl (C=O) groups is 1. The third kappa shape index (κ3) is 3.32. The van der Waals surface area contributed by atoms with Gasteiger partial charge in [0, 0.05) is 11.4 Å². The Morgan fingerprint density at radius 3 is 2.65 bits per heavy atom. The van der Waals surface area contributed by atoms with Gasteiger partial charge in [-0.15, -0.1) is 11.3 Å². The van der Waals surface area contributed by atoms with Crippen LogP contribution in [-0.2, 0) is 13.0 Å². The molecule has 3 aromatic rings. The van der Waals surface area contributed by atoms with Gasteiger partial charge in [-0.1, -0.05) is 19.1 Å².